The highest BCUT2D eigenvalue weighted by atomic mass is 16.6. The van der Waals surface area contributed by atoms with Crippen LogP contribution in [0.2, 0.25) is 0 Å². The summed E-state index contributed by atoms with van der Waals surface area (Å²) in [6, 6.07) is 5.37. The standard InChI is InChI=1S/C10H13NO3/c11-8-1-2-9-10(7-8)14-6-4-12-3-5-13-9/h1-2,7H,3-6,11H2. The summed E-state index contributed by atoms with van der Waals surface area (Å²) in [6.45, 7) is 2.24. The van der Waals surface area contributed by atoms with Gasteiger partial charge >= 0.3 is 0 Å². The van der Waals surface area contributed by atoms with Crippen molar-refractivity contribution in [3.05, 3.63) is 18.2 Å². The van der Waals surface area contributed by atoms with E-state index in [0.717, 1.165) is 5.75 Å². The summed E-state index contributed by atoms with van der Waals surface area (Å²) >= 11 is 0. The largest absolute Gasteiger partial charge is 0.487 e. The fourth-order valence-corrected chi connectivity index (χ4v) is 1.28. The number of anilines is 1. The fraction of sp³-hybridized carbons (Fsp3) is 0.400. The summed E-state index contributed by atoms with van der Waals surface area (Å²) in [7, 11) is 0. The molecule has 0 spiro atoms. The molecular formula is C10H13NO3. The van der Waals surface area contributed by atoms with Crippen LogP contribution in [0.25, 0.3) is 0 Å². The highest BCUT2D eigenvalue weighted by molar-refractivity contribution is 5.51. The Labute approximate surface area is 82.6 Å². The first-order valence-electron chi connectivity index (χ1n) is 4.59. The van der Waals surface area contributed by atoms with Crippen molar-refractivity contribution in [2.75, 3.05) is 32.2 Å². The molecule has 4 heteroatoms. The van der Waals surface area contributed by atoms with Crippen molar-refractivity contribution >= 4 is 5.69 Å². The highest BCUT2D eigenvalue weighted by Crippen LogP contribution is 2.29. The molecule has 0 atom stereocenters. The number of ether oxygens (including phenoxy) is 3. The molecule has 1 aliphatic rings. The van der Waals surface area contributed by atoms with Gasteiger partial charge in [-0.3, -0.25) is 0 Å². The minimum absolute atomic E-state index is 0.528. The van der Waals surface area contributed by atoms with Crippen molar-refractivity contribution in [3.8, 4) is 11.5 Å². The zero-order chi connectivity index (χ0) is 9.80. The molecule has 0 saturated heterocycles. The Balaban J connectivity index is 2.22. The molecule has 0 radical (unpaired) electrons. The first-order chi connectivity index (χ1) is 6.86. The van der Waals surface area contributed by atoms with Gasteiger partial charge in [-0.15, -0.1) is 0 Å². The summed E-state index contributed by atoms with van der Waals surface area (Å²) in [5.41, 5.74) is 6.32. The van der Waals surface area contributed by atoms with Gasteiger partial charge in [0, 0.05) is 11.8 Å². The van der Waals surface area contributed by atoms with Crippen molar-refractivity contribution in [1.82, 2.24) is 0 Å². The monoisotopic (exact) mass is 195 g/mol. The molecule has 1 heterocycles. The minimum Gasteiger partial charge on any atom is -0.487 e. The highest BCUT2D eigenvalue weighted by Gasteiger charge is 2.07. The molecule has 4 nitrogen and oxygen atoms in total. The second kappa shape index (κ2) is 4.19. The van der Waals surface area contributed by atoms with Crippen LogP contribution in [0.3, 0.4) is 0 Å². The lowest BCUT2D eigenvalue weighted by atomic mass is 10.3. The fourth-order valence-electron chi connectivity index (χ4n) is 1.28. The molecule has 0 bridgehead atoms. The average molecular weight is 195 g/mol. The summed E-state index contributed by atoms with van der Waals surface area (Å²) in [5, 5.41) is 0. The molecule has 14 heavy (non-hydrogen) atoms. The van der Waals surface area contributed by atoms with Gasteiger partial charge in [0.1, 0.15) is 13.2 Å². The van der Waals surface area contributed by atoms with Crippen LogP contribution >= 0.6 is 0 Å². The molecule has 0 aliphatic carbocycles. The van der Waals surface area contributed by atoms with E-state index in [1.54, 1.807) is 12.1 Å². The number of nitrogens with two attached hydrogens (primary N) is 1. The number of fused-ring (bicyclic) bond motifs is 1. The number of hydrogen-bond donors (Lipinski definition) is 1. The molecule has 0 aromatic heterocycles. The van der Waals surface area contributed by atoms with E-state index < -0.39 is 0 Å². The molecule has 1 aromatic rings. The van der Waals surface area contributed by atoms with Gasteiger partial charge in [0.15, 0.2) is 11.5 Å². The zero-order valence-corrected chi connectivity index (χ0v) is 7.86. The van der Waals surface area contributed by atoms with Gasteiger partial charge in [0.25, 0.3) is 0 Å². The first-order valence-corrected chi connectivity index (χ1v) is 4.59. The van der Waals surface area contributed by atoms with Gasteiger partial charge in [0.05, 0.1) is 13.2 Å². The lowest BCUT2D eigenvalue weighted by molar-refractivity contribution is 0.0877. The minimum atomic E-state index is 0.528. The molecule has 0 saturated carbocycles. The predicted molar refractivity (Wildman–Crippen MR) is 52.7 cm³/mol. The molecule has 0 fully saturated rings. The second-order valence-corrected chi connectivity index (χ2v) is 3.02. The lowest BCUT2D eigenvalue weighted by Crippen LogP contribution is -2.08. The third-order valence-electron chi connectivity index (χ3n) is 1.94. The average Bonchev–Trinajstić information content (AvgIpc) is 2.29. The summed E-state index contributed by atoms with van der Waals surface area (Å²) in [5.74, 6) is 1.42. The van der Waals surface area contributed by atoms with Crippen LogP contribution in [0, 0.1) is 0 Å². The zero-order valence-electron chi connectivity index (χ0n) is 7.86. The van der Waals surface area contributed by atoms with E-state index in [1.165, 1.54) is 0 Å². The van der Waals surface area contributed by atoms with Gasteiger partial charge in [0.2, 0.25) is 0 Å². The third-order valence-corrected chi connectivity index (χ3v) is 1.94. The maximum absolute atomic E-state index is 5.64. The topological polar surface area (TPSA) is 53.7 Å². The molecule has 1 aromatic carbocycles. The van der Waals surface area contributed by atoms with E-state index in [1.807, 2.05) is 6.07 Å². The van der Waals surface area contributed by atoms with Crippen molar-refractivity contribution in [2.24, 2.45) is 0 Å². The maximum Gasteiger partial charge on any atom is 0.163 e. The lowest BCUT2D eigenvalue weighted by Gasteiger charge is -2.10. The van der Waals surface area contributed by atoms with Crippen LogP contribution in [0.4, 0.5) is 5.69 Å². The Morgan fingerprint density at radius 1 is 0.929 bits per heavy atom. The number of rotatable bonds is 0. The first kappa shape index (κ1) is 9.15. The Morgan fingerprint density at radius 2 is 1.64 bits per heavy atom. The summed E-state index contributed by atoms with van der Waals surface area (Å²) in [6.07, 6.45) is 0. The van der Waals surface area contributed by atoms with E-state index in [0.29, 0.717) is 37.9 Å². The Morgan fingerprint density at radius 3 is 2.43 bits per heavy atom. The van der Waals surface area contributed by atoms with E-state index >= 15 is 0 Å². The normalized spacial score (nSPS) is 16.6. The van der Waals surface area contributed by atoms with Crippen LogP contribution in [-0.4, -0.2) is 26.4 Å². The summed E-state index contributed by atoms with van der Waals surface area (Å²) in [4.78, 5) is 0. The SMILES string of the molecule is Nc1ccc2c(c1)OCCOCCO2. The van der Waals surface area contributed by atoms with Gasteiger partial charge in [-0.25, -0.2) is 0 Å². The van der Waals surface area contributed by atoms with Crippen LogP contribution in [0.1, 0.15) is 0 Å². The molecular weight excluding hydrogens is 182 g/mol. The van der Waals surface area contributed by atoms with Crippen molar-refractivity contribution < 1.29 is 14.2 Å². The van der Waals surface area contributed by atoms with Crippen molar-refractivity contribution in [3.63, 3.8) is 0 Å². The van der Waals surface area contributed by atoms with E-state index in [4.69, 9.17) is 19.9 Å². The second-order valence-electron chi connectivity index (χ2n) is 3.02. The van der Waals surface area contributed by atoms with Crippen LogP contribution in [0.5, 0.6) is 11.5 Å². The van der Waals surface area contributed by atoms with Crippen LogP contribution < -0.4 is 15.2 Å². The van der Waals surface area contributed by atoms with E-state index in [2.05, 4.69) is 0 Å². The van der Waals surface area contributed by atoms with Gasteiger partial charge in [-0.05, 0) is 12.1 Å². The van der Waals surface area contributed by atoms with Crippen molar-refractivity contribution in [2.45, 2.75) is 0 Å². The van der Waals surface area contributed by atoms with Gasteiger partial charge < -0.3 is 19.9 Å². The van der Waals surface area contributed by atoms with Gasteiger partial charge in [-0.1, -0.05) is 0 Å². The van der Waals surface area contributed by atoms with E-state index in [9.17, 15) is 0 Å². The molecule has 2 N–H and O–H groups in total. The Hall–Kier alpha value is -1.42. The molecule has 0 unspecified atom stereocenters. The van der Waals surface area contributed by atoms with Crippen LogP contribution in [0.15, 0.2) is 18.2 Å². The van der Waals surface area contributed by atoms with Crippen LogP contribution in [-0.2, 0) is 4.74 Å². The Bertz CT molecular complexity index is 314. The molecule has 2 rings (SSSR count). The molecule has 1 aliphatic heterocycles. The third kappa shape index (κ3) is 2.09. The predicted octanol–water partition coefficient (Wildman–Crippen LogP) is 1.06. The van der Waals surface area contributed by atoms with Crippen molar-refractivity contribution in [1.29, 1.82) is 0 Å². The number of nitrogen functional groups attached to an aromatic ring is 1. The quantitative estimate of drug-likeness (QED) is 0.629. The van der Waals surface area contributed by atoms with Gasteiger partial charge in [-0.2, -0.15) is 0 Å². The molecule has 76 valence electrons. The van der Waals surface area contributed by atoms with E-state index in [-0.39, 0.29) is 0 Å². The number of hydrogen-bond acceptors (Lipinski definition) is 4. The molecule has 0 amide bonds. The maximum atomic E-state index is 5.64. The summed E-state index contributed by atoms with van der Waals surface area (Å²) < 4.78 is 16.2. The Kier molecular flexibility index (Phi) is 2.74. The number of benzene rings is 1. The smallest absolute Gasteiger partial charge is 0.163 e.